The molecule has 2 N–H and O–H groups in total. The third-order valence-corrected chi connectivity index (χ3v) is 3.65. The van der Waals surface area contributed by atoms with Crippen LogP contribution >= 0.6 is 0 Å². The van der Waals surface area contributed by atoms with Gasteiger partial charge in [0.2, 0.25) is 6.79 Å². The summed E-state index contributed by atoms with van der Waals surface area (Å²) in [5.41, 5.74) is 2.15. The molecule has 1 aliphatic rings. The van der Waals surface area contributed by atoms with Crippen LogP contribution in [0.3, 0.4) is 0 Å². The van der Waals surface area contributed by atoms with Gasteiger partial charge in [0.1, 0.15) is 5.75 Å². The van der Waals surface area contributed by atoms with Crippen molar-refractivity contribution < 1.29 is 24.1 Å². The van der Waals surface area contributed by atoms with Gasteiger partial charge in [-0.2, -0.15) is 0 Å². The summed E-state index contributed by atoms with van der Waals surface area (Å²) < 4.78 is 16.2. The summed E-state index contributed by atoms with van der Waals surface area (Å²) in [4.78, 5) is 27.0. The number of methoxy groups -OCH3 is 1. The summed E-state index contributed by atoms with van der Waals surface area (Å²) >= 11 is 0. The van der Waals surface area contributed by atoms with E-state index in [1.54, 1.807) is 19.2 Å². The molecule has 0 bridgehead atoms. The van der Waals surface area contributed by atoms with Crippen LogP contribution < -0.4 is 19.8 Å². The monoisotopic (exact) mass is 342 g/mol. The molecule has 2 heterocycles. The lowest BCUT2D eigenvalue weighted by molar-refractivity contribution is -0.122. The zero-order valence-corrected chi connectivity index (χ0v) is 13.2. The maximum Gasteiger partial charge on any atom is 0.290 e. The zero-order valence-electron chi connectivity index (χ0n) is 13.2. The van der Waals surface area contributed by atoms with Crippen molar-refractivity contribution in [1.29, 1.82) is 0 Å². The molecule has 1 aromatic heterocycles. The Morgan fingerprint density at radius 3 is 2.68 bits per heavy atom. The summed E-state index contributed by atoms with van der Waals surface area (Å²) in [6.07, 6.45) is 1.39. The minimum atomic E-state index is -0.250. The van der Waals surface area contributed by atoms with Gasteiger partial charge in [-0.25, -0.2) is 4.98 Å². The second-order valence-corrected chi connectivity index (χ2v) is 4.97. The molecule has 0 atom stereocenters. The summed E-state index contributed by atoms with van der Waals surface area (Å²) in [5.74, 6) is 1.97. The van der Waals surface area contributed by atoms with Crippen molar-refractivity contribution in [3.05, 3.63) is 47.0 Å². The summed E-state index contributed by atoms with van der Waals surface area (Å²) in [6.45, 7) is -0.0523. The highest BCUT2D eigenvalue weighted by molar-refractivity contribution is 5.85. The first-order valence-electron chi connectivity index (χ1n) is 7.21. The van der Waals surface area contributed by atoms with E-state index in [4.69, 9.17) is 24.1 Å². The Kier molecular flexibility index (Phi) is 4.51. The number of aromatic amines is 1. The first-order chi connectivity index (χ1) is 12.2. The SMILES string of the molecule is COc1cc2c(cc1-c1ccc3nc[nH]c(=O)c3c1)OCO2.O=CO. The normalized spacial score (nSPS) is 11.6. The van der Waals surface area contributed by atoms with Gasteiger partial charge in [0, 0.05) is 11.6 Å². The number of aromatic nitrogens is 2. The van der Waals surface area contributed by atoms with Crippen molar-refractivity contribution >= 4 is 17.4 Å². The van der Waals surface area contributed by atoms with Crippen molar-refractivity contribution in [2.24, 2.45) is 0 Å². The first-order valence-corrected chi connectivity index (χ1v) is 7.21. The molecule has 8 heteroatoms. The Balaban J connectivity index is 0.000000569. The van der Waals surface area contributed by atoms with Gasteiger partial charge in [-0.05, 0) is 23.8 Å². The molecule has 1 aliphatic heterocycles. The molecule has 3 aromatic rings. The molecule has 128 valence electrons. The van der Waals surface area contributed by atoms with Gasteiger partial charge in [0.25, 0.3) is 12.0 Å². The van der Waals surface area contributed by atoms with Crippen LogP contribution in [-0.2, 0) is 4.79 Å². The Bertz CT molecular complexity index is 983. The number of hydrogen-bond donors (Lipinski definition) is 2. The number of hydrogen-bond acceptors (Lipinski definition) is 6. The van der Waals surface area contributed by atoms with Crippen LogP contribution in [0.5, 0.6) is 17.2 Å². The zero-order chi connectivity index (χ0) is 17.8. The smallest absolute Gasteiger partial charge is 0.290 e. The van der Waals surface area contributed by atoms with E-state index >= 15 is 0 Å². The summed E-state index contributed by atoms with van der Waals surface area (Å²) in [6, 6.07) is 9.14. The number of ether oxygens (including phenoxy) is 3. The number of nitrogens with one attached hydrogen (secondary N) is 1. The van der Waals surface area contributed by atoms with Crippen molar-refractivity contribution in [2.45, 2.75) is 0 Å². The standard InChI is InChI=1S/C16H12N2O4.CH2O2/c1-20-13-6-15-14(21-8-22-15)5-10(13)9-2-3-12-11(4-9)16(19)18-7-17-12;2-1-3/h2-7H,8H2,1H3,(H,17,18,19);1H,(H,2,3). The summed E-state index contributed by atoms with van der Waals surface area (Å²) in [7, 11) is 1.59. The molecular weight excluding hydrogens is 328 g/mol. The van der Waals surface area contributed by atoms with Crippen LogP contribution in [-0.4, -0.2) is 35.4 Å². The van der Waals surface area contributed by atoms with Crippen molar-refractivity contribution in [2.75, 3.05) is 13.9 Å². The molecule has 0 amide bonds. The Morgan fingerprint density at radius 2 is 1.96 bits per heavy atom. The molecular formula is C17H14N2O6. The molecule has 0 aliphatic carbocycles. The van der Waals surface area contributed by atoms with E-state index in [0.29, 0.717) is 28.2 Å². The fraction of sp³-hybridized carbons (Fsp3) is 0.118. The lowest BCUT2D eigenvalue weighted by Crippen LogP contribution is -2.06. The van der Waals surface area contributed by atoms with Crippen molar-refractivity contribution in [3.63, 3.8) is 0 Å². The number of nitrogens with zero attached hydrogens (tertiary/aromatic N) is 1. The van der Waals surface area contributed by atoms with Gasteiger partial charge in [-0.1, -0.05) is 6.07 Å². The van der Waals surface area contributed by atoms with Gasteiger partial charge in [-0.15, -0.1) is 0 Å². The maximum absolute atomic E-state index is 11.9. The number of carboxylic acid groups (broad SMARTS) is 1. The van der Waals surface area contributed by atoms with Crippen LogP contribution in [0, 0.1) is 0 Å². The van der Waals surface area contributed by atoms with E-state index in [-0.39, 0.29) is 18.8 Å². The average molecular weight is 342 g/mol. The highest BCUT2D eigenvalue weighted by atomic mass is 16.7. The molecule has 0 radical (unpaired) electrons. The predicted octanol–water partition coefficient (Wildman–Crippen LogP) is 2.03. The summed E-state index contributed by atoms with van der Waals surface area (Å²) in [5, 5.41) is 7.42. The minimum Gasteiger partial charge on any atom is -0.496 e. The second-order valence-electron chi connectivity index (χ2n) is 4.97. The van der Waals surface area contributed by atoms with Crippen LogP contribution in [0.25, 0.3) is 22.0 Å². The molecule has 2 aromatic carbocycles. The van der Waals surface area contributed by atoms with Crippen LogP contribution in [0.1, 0.15) is 0 Å². The van der Waals surface area contributed by atoms with Gasteiger partial charge >= 0.3 is 0 Å². The van der Waals surface area contributed by atoms with Crippen LogP contribution in [0.15, 0.2) is 41.5 Å². The first kappa shape index (κ1) is 16.3. The van der Waals surface area contributed by atoms with E-state index < -0.39 is 0 Å². The largest absolute Gasteiger partial charge is 0.496 e. The molecule has 25 heavy (non-hydrogen) atoms. The van der Waals surface area contributed by atoms with E-state index in [0.717, 1.165) is 11.1 Å². The highest BCUT2D eigenvalue weighted by Gasteiger charge is 2.19. The minimum absolute atomic E-state index is 0.174. The molecule has 8 nitrogen and oxygen atoms in total. The fourth-order valence-electron chi connectivity index (χ4n) is 2.55. The van der Waals surface area contributed by atoms with E-state index in [2.05, 4.69) is 9.97 Å². The Labute approximate surface area is 141 Å². The number of carbonyl (C=O) groups is 1. The third kappa shape index (κ3) is 3.09. The lowest BCUT2D eigenvalue weighted by atomic mass is 10.0. The molecule has 0 unspecified atom stereocenters. The van der Waals surface area contributed by atoms with Crippen molar-refractivity contribution in [1.82, 2.24) is 9.97 Å². The fourth-order valence-corrected chi connectivity index (χ4v) is 2.55. The van der Waals surface area contributed by atoms with Gasteiger partial charge in [-0.3, -0.25) is 9.59 Å². The Morgan fingerprint density at radius 1 is 1.24 bits per heavy atom. The van der Waals surface area contributed by atoms with Crippen molar-refractivity contribution in [3.8, 4) is 28.4 Å². The van der Waals surface area contributed by atoms with E-state index in [1.807, 2.05) is 18.2 Å². The molecule has 0 saturated carbocycles. The molecule has 0 saturated heterocycles. The topological polar surface area (TPSA) is 111 Å². The molecule has 0 spiro atoms. The van der Waals surface area contributed by atoms with E-state index in [1.165, 1.54) is 6.33 Å². The molecule has 0 fully saturated rings. The number of H-pyrrole nitrogens is 1. The van der Waals surface area contributed by atoms with Gasteiger partial charge < -0.3 is 24.3 Å². The number of fused-ring (bicyclic) bond motifs is 2. The number of rotatable bonds is 2. The maximum atomic E-state index is 11.9. The second kappa shape index (κ2) is 6.91. The predicted molar refractivity (Wildman–Crippen MR) is 89.2 cm³/mol. The quantitative estimate of drug-likeness (QED) is 0.685. The van der Waals surface area contributed by atoms with E-state index in [9.17, 15) is 4.79 Å². The average Bonchev–Trinajstić information content (AvgIpc) is 3.09. The van der Waals surface area contributed by atoms with Crippen LogP contribution in [0.2, 0.25) is 0 Å². The van der Waals surface area contributed by atoms with Gasteiger partial charge in [0.15, 0.2) is 11.5 Å². The van der Waals surface area contributed by atoms with Crippen LogP contribution in [0.4, 0.5) is 0 Å². The third-order valence-electron chi connectivity index (χ3n) is 3.65. The van der Waals surface area contributed by atoms with Gasteiger partial charge in [0.05, 0.1) is 24.3 Å². The number of benzene rings is 2. The Hall–Kier alpha value is -3.55. The molecule has 4 rings (SSSR count). The highest BCUT2D eigenvalue weighted by Crippen LogP contribution is 2.42. The lowest BCUT2D eigenvalue weighted by Gasteiger charge is -2.10.